The van der Waals surface area contributed by atoms with Gasteiger partial charge in [0.15, 0.2) is 47.8 Å². The van der Waals surface area contributed by atoms with Crippen LogP contribution < -0.4 is 73.0 Å². The lowest BCUT2D eigenvalue weighted by atomic mass is 10.1. The molecule has 0 fully saturated rings. The van der Waals surface area contributed by atoms with Crippen molar-refractivity contribution in [3.63, 3.8) is 0 Å². The normalized spacial score (nSPS) is 10.6. The van der Waals surface area contributed by atoms with Gasteiger partial charge < -0.3 is 63.9 Å². The van der Waals surface area contributed by atoms with Gasteiger partial charge in [0.1, 0.15) is 0 Å². The Bertz CT molecular complexity index is 1710. The molecule has 0 bridgehead atoms. The Kier molecular flexibility index (Phi) is 21.5. The molecular weight excluding hydrogens is 799 g/mol. The number of pyridine rings is 2. The van der Waals surface area contributed by atoms with E-state index in [2.05, 4.69) is 10.6 Å². The van der Waals surface area contributed by atoms with E-state index in [-0.39, 0.29) is 49.7 Å². The average molecular weight is 848 g/mol. The number of aromatic nitrogens is 2. The summed E-state index contributed by atoms with van der Waals surface area (Å²) in [5.41, 5.74) is 3.77. The van der Waals surface area contributed by atoms with Crippen molar-refractivity contribution in [1.82, 2.24) is 10.6 Å². The number of nitrogens with zero attached hydrogens (tertiary/aromatic N) is 2. The fourth-order valence-electron chi connectivity index (χ4n) is 5.18. The summed E-state index contributed by atoms with van der Waals surface area (Å²) in [6, 6.07) is 15.3. The molecule has 4 rings (SSSR count). The average Bonchev–Trinajstić information content (AvgIpc) is 3.20. The highest BCUT2D eigenvalue weighted by Crippen LogP contribution is 2.39. The SMILES string of the molecule is COc1cc(/C=C/c2cc[n+](CC(=O)NCCSSCCNC(=O)C[n+]3ccc(/C=C/c4cc(OC)c(OC)c(OC)c4)cc3)cc2)cc(OC)c1OC.[Cl-].[Cl-]. The van der Waals surface area contributed by atoms with Crippen LogP contribution in [-0.2, 0) is 22.7 Å². The maximum Gasteiger partial charge on any atom is 0.286 e. The first-order chi connectivity index (χ1) is 26.3. The maximum absolute atomic E-state index is 12.5. The Morgan fingerprint density at radius 3 is 1.11 bits per heavy atom. The van der Waals surface area contributed by atoms with Crippen molar-refractivity contribution in [3.8, 4) is 34.5 Å². The predicted molar refractivity (Wildman–Crippen MR) is 214 cm³/mol. The molecule has 2 N–H and O–H groups in total. The molecule has 16 heteroatoms. The molecule has 0 saturated carbocycles. The Hall–Kier alpha value is -4.76. The summed E-state index contributed by atoms with van der Waals surface area (Å²) in [6.45, 7) is 1.58. The van der Waals surface area contributed by atoms with E-state index in [0.29, 0.717) is 47.6 Å². The minimum absolute atomic E-state index is 0. The highest BCUT2D eigenvalue weighted by atomic mass is 35.5. The zero-order valence-corrected chi connectivity index (χ0v) is 35.4. The number of carbonyl (C=O) groups is 2. The van der Waals surface area contributed by atoms with Gasteiger partial charge in [0.05, 0.1) is 42.7 Å². The molecule has 0 unspecified atom stereocenters. The van der Waals surface area contributed by atoms with Crippen molar-refractivity contribution in [1.29, 1.82) is 0 Å². The zero-order chi connectivity index (χ0) is 38.7. The predicted octanol–water partition coefficient (Wildman–Crippen LogP) is -1.02. The number of ether oxygens (including phenoxy) is 6. The molecule has 2 amide bonds. The first-order valence-corrected chi connectivity index (χ1v) is 19.5. The third-order valence-electron chi connectivity index (χ3n) is 7.90. The minimum Gasteiger partial charge on any atom is -1.00 e. The Morgan fingerprint density at radius 1 is 0.518 bits per heavy atom. The molecule has 0 aliphatic carbocycles. The molecule has 2 aromatic heterocycles. The fraction of sp³-hybridized carbons (Fsp3) is 0.300. The van der Waals surface area contributed by atoms with Gasteiger partial charge in [-0.3, -0.25) is 9.59 Å². The number of rotatable bonds is 21. The van der Waals surface area contributed by atoms with Crippen LogP contribution in [0, 0.1) is 0 Å². The van der Waals surface area contributed by atoms with Crippen LogP contribution in [-0.4, -0.2) is 79.1 Å². The molecule has 0 radical (unpaired) electrons. The summed E-state index contributed by atoms with van der Waals surface area (Å²) in [5.74, 6) is 4.85. The fourth-order valence-corrected chi connectivity index (χ4v) is 6.99. The van der Waals surface area contributed by atoms with Crippen molar-refractivity contribution in [2.24, 2.45) is 0 Å². The van der Waals surface area contributed by atoms with Gasteiger partial charge in [-0.15, -0.1) is 0 Å². The number of hydrogen-bond donors (Lipinski definition) is 2. The lowest BCUT2D eigenvalue weighted by Crippen LogP contribution is -3.00. The summed E-state index contributed by atoms with van der Waals surface area (Å²) in [4.78, 5) is 24.9. The first kappa shape index (κ1) is 47.4. The van der Waals surface area contributed by atoms with Crippen LogP contribution in [0.2, 0.25) is 0 Å². The largest absolute Gasteiger partial charge is 1.00 e. The van der Waals surface area contributed by atoms with Crippen LogP contribution in [0.15, 0.2) is 73.3 Å². The lowest BCUT2D eigenvalue weighted by Gasteiger charge is -2.12. The van der Waals surface area contributed by atoms with Gasteiger partial charge in [0.25, 0.3) is 11.8 Å². The Morgan fingerprint density at radius 2 is 0.821 bits per heavy atom. The van der Waals surface area contributed by atoms with Gasteiger partial charge in [-0.05, 0) is 46.5 Å². The van der Waals surface area contributed by atoms with Crippen LogP contribution >= 0.6 is 21.6 Å². The molecule has 0 saturated heterocycles. The monoisotopic (exact) mass is 846 g/mol. The lowest BCUT2D eigenvalue weighted by molar-refractivity contribution is -0.684. The molecule has 0 aliphatic heterocycles. The molecule has 2 heterocycles. The molecule has 56 heavy (non-hydrogen) atoms. The van der Waals surface area contributed by atoms with Crippen molar-refractivity contribution >= 4 is 57.7 Å². The topological polar surface area (TPSA) is 121 Å². The summed E-state index contributed by atoms with van der Waals surface area (Å²) >= 11 is 0. The Balaban J connectivity index is 0.00000541. The van der Waals surface area contributed by atoms with Gasteiger partial charge in [-0.25, -0.2) is 0 Å². The summed E-state index contributed by atoms with van der Waals surface area (Å²) in [7, 11) is 12.8. The van der Waals surface area contributed by atoms with Crippen LogP contribution in [0.25, 0.3) is 24.3 Å². The third-order valence-corrected chi connectivity index (χ3v) is 10.3. The highest BCUT2D eigenvalue weighted by molar-refractivity contribution is 8.76. The number of hydrogen-bond acceptors (Lipinski definition) is 10. The van der Waals surface area contributed by atoms with Crippen LogP contribution in [0.4, 0.5) is 0 Å². The molecular formula is C40H48Cl2N4O8S2. The van der Waals surface area contributed by atoms with E-state index in [1.165, 1.54) is 0 Å². The van der Waals surface area contributed by atoms with Gasteiger partial charge >= 0.3 is 0 Å². The Labute approximate surface area is 349 Å². The van der Waals surface area contributed by atoms with E-state index >= 15 is 0 Å². The summed E-state index contributed by atoms with van der Waals surface area (Å²) < 4.78 is 36.2. The van der Waals surface area contributed by atoms with Gasteiger partial charge in [0.2, 0.25) is 24.6 Å². The van der Waals surface area contributed by atoms with Crippen molar-refractivity contribution in [2.45, 2.75) is 13.1 Å². The van der Waals surface area contributed by atoms with Gasteiger partial charge in [0, 0.05) is 48.9 Å². The van der Waals surface area contributed by atoms with Crippen LogP contribution in [0.5, 0.6) is 34.5 Å². The van der Waals surface area contributed by atoms with Gasteiger partial charge in [-0.1, -0.05) is 45.9 Å². The molecule has 0 spiro atoms. The second kappa shape index (κ2) is 25.4. The van der Waals surface area contributed by atoms with E-state index in [4.69, 9.17) is 28.4 Å². The van der Waals surface area contributed by atoms with Crippen molar-refractivity contribution in [2.75, 3.05) is 67.3 Å². The van der Waals surface area contributed by atoms with Crippen LogP contribution in [0.1, 0.15) is 22.3 Å². The van der Waals surface area contributed by atoms with E-state index in [0.717, 1.165) is 33.8 Å². The standard InChI is InChI=1S/C40H46N4O8S2.2ClH/c1-47-33-23-31(24-34(48-2)39(33)51-5)9-7-29-11-17-43(18-12-29)27-37(45)41-15-21-53-54-22-16-42-38(46)28-44-19-13-30(14-20-44)8-10-32-25-35(49-3)40(52-6)36(26-32)50-4;;/h7-14,17-20,23-26H,15-16,21-22,27-28H2,1-6H3;2*1H/b9-7+,10-8+;;. The number of carbonyl (C=O) groups excluding carboxylic acids is 2. The summed E-state index contributed by atoms with van der Waals surface area (Å²) in [6.07, 6.45) is 15.4. The molecule has 0 aliphatic rings. The van der Waals surface area contributed by atoms with Gasteiger partial charge in [-0.2, -0.15) is 9.13 Å². The molecule has 12 nitrogen and oxygen atoms in total. The number of benzene rings is 2. The molecule has 302 valence electrons. The summed E-state index contributed by atoms with van der Waals surface area (Å²) in [5, 5.41) is 5.92. The van der Waals surface area contributed by atoms with E-state index in [1.807, 2.05) is 107 Å². The number of amides is 2. The number of halogens is 2. The van der Waals surface area contributed by atoms with Crippen LogP contribution in [0.3, 0.4) is 0 Å². The molecule has 0 atom stereocenters. The number of nitrogens with one attached hydrogen (secondary N) is 2. The van der Waals surface area contributed by atoms with E-state index < -0.39 is 0 Å². The smallest absolute Gasteiger partial charge is 0.286 e. The van der Waals surface area contributed by atoms with E-state index in [1.54, 1.807) is 64.2 Å². The minimum atomic E-state index is -0.0568. The van der Waals surface area contributed by atoms with E-state index in [9.17, 15) is 9.59 Å². The van der Waals surface area contributed by atoms with Crippen molar-refractivity contribution in [3.05, 3.63) is 95.6 Å². The first-order valence-electron chi connectivity index (χ1n) is 17.0. The molecule has 2 aromatic carbocycles. The molecule has 4 aromatic rings. The highest BCUT2D eigenvalue weighted by Gasteiger charge is 2.14. The third kappa shape index (κ3) is 14.7. The van der Waals surface area contributed by atoms with Crippen molar-refractivity contribution < 1.29 is 72.0 Å². The second-order valence-corrected chi connectivity index (χ2v) is 14.2. The number of methoxy groups -OCH3 is 6. The zero-order valence-electron chi connectivity index (χ0n) is 32.2. The second-order valence-electron chi connectivity index (χ2n) is 11.5. The maximum atomic E-state index is 12.5. The quantitative estimate of drug-likeness (QED) is 0.0613.